The number of nitro benzene ring substituents is 2. The van der Waals surface area contributed by atoms with E-state index in [1.807, 2.05) is 0 Å². The molecule has 1 N–H and O–H groups in total. The number of rotatable bonds is 13. The third kappa shape index (κ3) is 7.60. The lowest BCUT2D eigenvalue weighted by molar-refractivity contribution is -0.385. The predicted molar refractivity (Wildman–Crippen MR) is 159 cm³/mol. The highest BCUT2D eigenvalue weighted by Crippen LogP contribution is 2.49. The topological polar surface area (TPSA) is 221 Å². The molecule has 2 amide bonds. The highest BCUT2D eigenvalue weighted by molar-refractivity contribution is 7.95. The Hall–Kier alpha value is -5.03. The summed E-state index contributed by atoms with van der Waals surface area (Å²) in [6.45, 7) is 3.82. The van der Waals surface area contributed by atoms with Crippen LogP contribution in [0, 0.1) is 26.1 Å². The largest absolute Gasteiger partial charge is 0.612 e. The van der Waals surface area contributed by atoms with Gasteiger partial charge in [0.2, 0.25) is 11.8 Å². The first kappa shape index (κ1) is 33.9. The van der Waals surface area contributed by atoms with Crippen molar-refractivity contribution in [3.63, 3.8) is 0 Å². The Morgan fingerprint density at radius 3 is 1.98 bits per heavy atom. The van der Waals surface area contributed by atoms with Crippen LogP contribution in [0.15, 0.2) is 59.1 Å². The Kier molecular flexibility index (Phi) is 10.3. The second-order valence-corrected chi connectivity index (χ2v) is 12.5. The molecular weight excluding hydrogens is 628 g/mol. The van der Waals surface area contributed by atoms with E-state index >= 15 is 0 Å². The first-order chi connectivity index (χ1) is 21.7. The second kappa shape index (κ2) is 13.9. The molecule has 0 aromatic heterocycles. The van der Waals surface area contributed by atoms with Crippen molar-refractivity contribution in [3.05, 3.63) is 90.5 Å². The van der Waals surface area contributed by atoms with Crippen LogP contribution >= 0.6 is 0 Å². The predicted octanol–water partition coefficient (Wildman–Crippen LogP) is 3.01. The minimum absolute atomic E-state index is 0.00961. The monoisotopic (exact) mass is 658 g/mol. The lowest BCUT2D eigenvalue weighted by atomic mass is 9.76. The molecule has 46 heavy (non-hydrogen) atoms. The molecular formula is C29H30N4O12S. The number of hydrogen-bond donors (Lipinski definition) is 1. The summed E-state index contributed by atoms with van der Waals surface area (Å²) in [7, 11) is 0. The van der Waals surface area contributed by atoms with E-state index in [9.17, 15) is 44.0 Å². The van der Waals surface area contributed by atoms with Crippen LogP contribution in [-0.4, -0.2) is 67.2 Å². The number of ether oxygens (including phenoxy) is 3. The third-order valence-corrected chi connectivity index (χ3v) is 8.85. The highest BCUT2D eigenvalue weighted by atomic mass is 32.2. The van der Waals surface area contributed by atoms with Gasteiger partial charge in [0.1, 0.15) is 24.6 Å². The van der Waals surface area contributed by atoms with E-state index in [0.29, 0.717) is 11.1 Å². The van der Waals surface area contributed by atoms with E-state index < -0.39 is 56.6 Å². The second-order valence-electron chi connectivity index (χ2n) is 10.9. The van der Waals surface area contributed by atoms with Crippen molar-refractivity contribution in [2.45, 2.75) is 52.0 Å². The maximum absolute atomic E-state index is 13.5. The molecule has 2 heterocycles. The molecule has 2 aliphatic rings. The number of carbonyl (C=O) groups is 4. The van der Waals surface area contributed by atoms with Crippen LogP contribution in [-0.2, 0) is 53.0 Å². The molecule has 17 heteroatoms. The molecule has 1 saturated heterocycles. The van der Waals surface area contributed by atoms with Gasteiger partial charge in [-0.2, -0.15) is 0 Å². The van der Waals surface area contributed by atoms with Gasteiger partial charge < -0.3 is 24.1 Å². The lowest BCUT2D eigenvalue weighted by Gasteiger charge is -2.49. The van der Waals surface area contributed by atoms with Crippen molar-refractivity contribution in [1.82, 2.24) is 10.2 Å². The van der Waals surface area contributed by atoms with Gasteiger partial charge in [0.25, 0.3) is 11.4 Å². The molecule has 4 rings (SSSR count). The maximum atomic E-state index is 13.5. The molecule has 244 valence electrons. The smallest absolute Gasteiger partial charge is 0.509 e. The maximum Gasteiger partial charge on any atom is 0.509 e. The Morgan fingerprint density at radius 2 is 1.48 bits per heavy atom. The zero-order valence-electron chi connectivity index (χ0n) is 25.0. The van der Waals surface area contributed by atoms with Gasteiger partial charge in [-0.15, -0.1) is 0 Å². The number of nitro groups is 2. The number of β-lactam (4-membered cyclic amide) rings is 1. The fourth-order valence-electron chi connectivity index (χ4n) is 5.16. The third-order valence-electron chi connectivity index (χ3n) is 7.37. The number of hydrogen-bond acceptors (Lipinski definition) is 12. The normalized spacial score (nSPS) is 17.8. The molecule has 2 aromatic rings. The Labute approximate surface area is 265 Å². The molecule has 0 aliphatic carbocycles. The number of carbonyl (C=O) groups excluding carboxylic acids is 4. The molecule has 0 radical (unpaired) electrons. The quantitative estimate of drug-likeness (QED) is 0.108. The minimum Gasteiger partial charge on any atom is -0.612 e. The average molecular weight is 659 g/mol. The molecule has 0 saturated carbocycles. The molecule has 2 aromatic carbocycles. The summed E-state index contributed by atoms with van der Waals surface area (Å²) in [6.07, 6.45) is -1.09. The van der Waals surface area contributed by atoms with Crippen LogP contribution in [0.5, 0.6) is 0 Å². The van der Waals surface area contributed by atoms with E-state index in [-0.39, 0.29) is 59.8 Å². The summed E-state index contributed by atoms with van der Waals surface area (Å²) >= 11 is -1.80. The number of fused-ring (bicyclic) bond motifs is 1. The fraction of sp³-hybridized carbons (Fsp3) is 0.379. The van der Waals surface area contributed by atoms with E-state index in [1.54, 1.807) is 0 Å². The van der Waals surface area contributed by atoms with Crippen LogP contribution < -0.4 is 5.32 Å². The van der Waals surface area contributed by atoms with E-state index in [0.717, 1.165) is 0 Å². The molecule has 0 bridgehead atoms. The number of nitrogens with zero attached hydrogens (tertiary/aromatic N) is 3. The molecule has 1 fully saturated rings. The number of non-ortho nitro benzene ring substituents is 2. The van der Waals surface area contributed by atoms with E-state index in [1.165, 1.54) is 74.2 Å². The van der Waals surface area contributed by atoms with Gasteiger partial charge in [-0.25, -0.2) is 9.59 Å². The average Bonchev–Trinajstić information content (AvgIpc) is 3.33. The van der Waals surface area contributed by atoms with Gasteiger partial charge in [-0.1, -0.05) is 0 Å². The number of nitrogens with one attached hydrogen (secondary N) is 1. The van der Waals surface area contributed by atoms with Crippen LogP contribution in [0.2, 0.25) is 0 Å². The van der Waals surface area contributed by atoms with Gasteiger partial charge in [0.05, 0.1) is 28.4 Å². The summed E-state index contributed by atoms with van der Waals surface area (Å²) in [5, 5.41) is 24.3. The van der Waals surface area contributed by atoms with Crippen molar-refractivity contribution >= 4 is 46.5 Å². The molecule has 1 unspecified atom stereocenters. The first-order valence-electron chi connectivity index (χ1n) is 13.9. The summed E-state index contributed by atoms with van der Waals surface area (Å²) in [6, 6.07) is 9.98. The minimum atomic E-state index is -1.80. The van der Waals surface area contributed by atoms with Gasteiger partial charge in [0.15, 0.2) is 10.6 Å². The van der Waals surface area contributed by atoms with Crippen molar-refractivity contribution in [2.24, 2.45) is 5.92 Å². The van der Waals surface area contributed by atoms with Crippen LogP contribution in [0.4, 0.5) is 16.2 Å². The van der Waals surface area contributed by atoms with Crippen LogP contribution in [0.1, 0.15) is 38.3 Å². The summed E-state index contributed by atoms with van der Waals surface area (Å²) in [5.74, 6) is -2.83. The molecule has 3 atom stereocenters. The van der Waals surface area contributed by atoms with Crippen molar-refractivity contribution in [3.8, 4) is 0 Å². The zero-order chi connectivity index (χ0) is 33.8. The fourth-order valence-corrected chi connectivity index (χ4v) is 6.45. The molecule has 16 nitrogen and oxygen atoms in total. The highest BCUT2D eigenvalue weighted by Gasteiger charge is 2.63. The van der Waals surface area contributed by atoms with E-state index in [4.69, 9.17) is 14.2 Å². The van der Waals surface area contributed by atoms with Crippen molar-refractivity contribution < 1.29 is 47.8 Å². The number of esters is 1. The van der Waals surface area contributed by atoms with Crippen molar-refractivity contribution in [1.29, 1.82) is 0 Å². The Morgan fingerprint density at radius 1 is 0.957 bits per heavy atom. The van der Waals surface area contributed by atoms with Crippen LogP contribution in [0.25, 0.3) is 0 Å². The SMILES string of the molecule is CC(=O)NCC[S+]([O-])C1=C(C(=O)OCc2ccc([N+](=O)[O-])cc2)N2C(=O)[C@H](C(C)(C)OC(=O)OCc3ccc([N+](=O)[O-])cc3)[C@H]2C1. The summed E-state index contributed by atoms with van der Waals surface area (Å²) in [5.41, 5.74) is -0.996. The van der Waals surface area contributed by atoms with Gasteiger partial charge in [-0.05, 0) is 60.4 Å². The standard InChI is InChI=1S/C29H30N4O12S/c1-17(34)30-12-13-46(42)23-14-22-24(29(2,3)45-28(37)44-16-19-6-10-21(11-7-19)33(40)41)26(35)31(22)25(23)27(36)43-15-18-4-8-20(9-5-18)32(38)39/h4-11,22,24H,12-16H2,1-3H3,(H,30,34)/t22-,24-,46?/m1/s1. The number of amides is 2. The zero-order valence-corrected chi connectivity index (χ0v) is 25.8. The van der Waals surface area contributed by atoms with Crippen molar-refractivity contribution in [2.75, 3.05) is 12.3 Å². The summed E-state index contributed by atoms with van der Waals surface area (Å²) in [4.78, 5) is 72.6. The first-order valence-corrected chi connectivity index (χ1v) is 15.2. The van der Waals surface area contributed by atoms with Gasteiger partial charge in [-0.3, -0.25) is 34.7 Å². The summed E-state index contributed by atoms with van der Waals surface area (Å²) < 4.78 is 29.4. The number of benzene rings is 2. The van der Waals surface area contributed by atoms with E-state index in [2.05, 4.69) is 5.32 Å². The Bertz CT molecular complexity index is 1580. The van der Waals surface area contributed by atoms with Gasteiger partial charge >= 0.3 is 12.1 Å². The Balaban J connectivity index is 1.45. The van der Waals surface area contributed by atoms with Gasteiger partial charge in [0, 0.05) is 37.6 Å². The lowest BCUT2D eigenvalue weighted by Crippen LogP contribution is -2.66. The molecule has 2 aliphatic heterocycles. The van der Waals surface area contributed by atoms with Crippen LogP contribution in [0.3, 0.4) is 0 Å². The molecule has 0 spiro atoms.